The summed E-state index contributed by atoms with van der Waals surface area (Å²) in [7, 11) is 0. The van der Waals surface area contributed by atoms with Crippen molar-refractivity contribution in [3.63, 3.8) is 0 Å². The highest BCUT2D eigenvalue weighted by molar-refractivity contribution is 5.66. The number of alkyl carbamates (subject to hydrolysis) is 1. The molecule has 0 fully saturated rings. The van der Waals surface area contributed by atoms with Crippen LogP contribution < -0.4 is 5.32 Å². The highest BCUT2D eigenvalue weighted by Gasteiger charge is 2.02. The predicted molar refractivity (Wildman–Crippen MR) is 45.9 cm³/mol. The van der Waals surface area contributed by atoms with Crippen molar-refractivity contribution in [1.82, 2.24) is 5.32 Å². The molecule has 1 atom stereocenters. The zero-order valence-electron chi connectivity index (χ0n) is 7.67. The summed E-state index contributed by atoms with van der Waals surface area (Å²) in [5.74, 6) is 0. The number of hydrogen-bond acceptors (Lipinski definition) is 3. The second kappa shape index (κ2) is 6.91. The molecule has 4 nitrogen and oxygen atoms in total. The molecule has 0 radical (unpaired) electrons. The van der Waals surface area contributed by atoms with Gasteiger partial charge in [0.1, 0.15) is 0 Å². The van der Waals surface area contributed by atoms with E-state index in [-0.39, 0.29) is 6.10 Å². The third kappa shape index (κ3) is 5.97. The van der Waals surface area contributed by atoms with Crippen molar-refractivity contribution in [2.45, 2.75) is 32.8 Å². The lowest BCUT2D eigenvalue weighted by molar-refractivity contribution is 0.141. The van der Waals surface area contributed by atoms with Gasteiger partial charge in [-0.15, -0.1) is 0 Å². The number of aliphatic hydroxyl groups excluding tert-OH is 1. The first-order valence-electron chi connectivity index (χ1n) is 4.29. The average molecular weight is 175 g/mol. The molecule has 0 saturated heterocycles. The van der Waals surface area contributed by atoms with Gasteiger partial charge >= 0.3 is 6.09 Å². The van der Waals surface area contributed by atoms with E-state index in [0.717, 1.165) is 0 Å². The number of hydrogen-bond donors (Lipinski definition) is 2. The number of ether oxygens (including phenoxy) is 1. The summed E-state index contributed by atoms with van der Waals surface area (Å²) in [4.78, 5) is 10.7. The molecule has 4 heteroatoms. The Morgan fingerprint density at radius 3 is 2.75 bits per heavy atom. The van der Waals surface area contributed by atoms with Crippen LogP contribution in [0.4, 0.5) is 4.79 Å². The van der Waals surface area contributed by atoms with Crippen LogP contribution in [0.15, 0.2) is 0 Å². The third-order valence-electron chi connectivity index (χ3n) is 1.49. The van der Waals surface area contributed by atoms with Crippen LogP contribution in [0.25, 0.3) is 0 Å². The lowest BCUT2D eigenvalue weighted by atomic mass is 10.2. The van der Waals surface area contributed by atoms with Gasteiger partial charge in [0.25, 0.3) is 0 Å². The standard InChI is InChI=1S/C8H17NO3/c1-3-7(10)5-6-9-8(11)12-4-2/h7,10H,3-6H2,1-2H3,(H,9,11). The first-order chi connectivity index (χ1) is 5.70. The van der Waals surface area contributed by atoms with E-state index in [1.165, 1.54) is 0 Å². The van der Waals surface area contributed by atoms with Gasteiger partial charge in [0.15, 0.2) is 0 Å². The topological polar surface area (TPSA) is 58.6 Å². The van der Waals surface area contributed by atoms with E-state index < -0.39 is 6.09 Å². The number of carbonyl (C=O) groups is 1. The van der Waals surface area contributed by atoms with Crippen molar-refractivity contribution < 1.29 is 14.6 Å². The van der Waals surface area contributed by atoms with Crippen molar-refractivity contribution in [2.75, 3.05) is 13.2 Å². The first-order valence-corrected chi connectivity index (χ1v) is 4.29. The maximum absolute atomic E-state index is 10.7. The van der Waals surface area contributed by atoms with Crippen molar-refractivity contribution in [1.29, 1.82) is 0 Å². The van der Waals surface area contributed by atoms with Crippen molar-refractivity contribution in [3.8, 4) is 0 Å². The Morgan fingerprint density at radius 1 is 1.58 bits per heavy atom. The molecular formula is C8H17NO3. The average Bonchev–Trinajstić information content (AvgIpc) is 2.04. The van der Waals surface area contributed by atoms with Crippen LogP contribution in [0.1, 0.15) is 26.7 Å². The van der Waals surface area contributed by atoms with Gasteiger partial charge in [-0.3, -0.25) is 0 Å². The second-order valence-electron chi connectivity index (χ2n) is 2.50. The van der Waals surface area contributed by atoms with Gasteiger partial charge in [-0.25, -0.2) is 4.79 Å². The summed E-state index contributed by atoms with van der Waals surface area (Å²) in [5, 5.41) is 11.6. The lowest BCUT2D eigenvalue weighted by Crippen LogP contribution is -2.27. The summed E-state index contributed by atoms with van der Waals surface area (Å²) >= 11 is 0. The highest BCUT2D eigenvalue weighted by Crippen LogP contribution is 1.94. The fourth-order valence-electron chi connectivity index (χ4n) is 0.727. The lowest BCUT2D eigenvalue weighted by Gasteiger charge is -2.08. The molecule has 0 aromatic rings. The smallest absolute Gasteiger partial charge is 0.407 e. The summed E-state index contributed by atoms with van der Waals surface area (Å²) < 4.78 is 4.63. The molecule has 0 aliphatic rings. The van der Waals surface area contributed by atoms with Gasteiger partial charge in [-0.05, 0) is 19.8 Å². The quantitative estimate of drug-likeness (QED) is 0.652. The normalized spacial score (nSPS) is 12.2. The van der Waals surface area contributed by atoms with Crippen LogP contribution in [-0.4, -0.2) is 30.5 Å². The van der Waals surface area contributed by atoms with Gasteiger partial charge < -0.3 is 15.2 Å². The van der Waals surface area contributed by atoms with E-state index in [0.29, 0.717) is 26.0 Å². The molecule has 0 spiro atoms. The number of carbonyl (C=O) groups excluding carboxylic acids is 1. The Kier molecular flexibility index (Phi) is 6.47. The molecule has 0 bridgehead atoms. The highest BCUT2D eigenvalue weighted by atomic mass is 16.5. The summed E-state index contributed by atoms with van der Waals surface area (Å²) in [6.07, 6.45) is 0.549. The largest absolute Gasteiger partial charge is 0.450 e. The molecule has 0 heterocycles. The van der Waals surface area contributed by atoms with Gasteiger partial charge in [-0.1, -0.05) is 6.92 Å². The second-order valence-corrected chi connectivity index (χ2v) is 2.50. The van der Waals surface area contributed by atoms with Gasteiger partial charge in [0.05, 0.1) is 12.7 Å². The Balaban J connectivity index is 3.24. The molecule has 2 N–H and O–H groups in total. The number of rotatable bonds is 5. The minimum atomic E-state index is -0.416. The molecule has 0 aromatic heterocycles. The maximum Gasteiger partial charge on any atom is 0.407 e. The predicted octanol–water partition coefficient (Wildman–Crippen LogP) is 0.893. The Morgan fingerprint density at radius 2 is 2.25 bits per heavy atom. The molecule has 0 aliphatic carbocycles. The molecular weight excluding hydrogens is 158 g/mol. The fourth-order valence-corrected chi connectivity index (χ4v) is 0.727. The summed E-state index contributed by atoms with van der Waals surface area (Å²) in [6.45, 7) is 4.49. The molecule has 0 saturated carbocycles. The van der Waals surface area contributed by atoms with E-state index >= 15 is 0 Å². The van der Waals surface area contributed by atoms with Gasteiger partial charge in [-0.2, -0.15) is 0 Å². The Bertz CT molecular complexity index is 127. The number of amides is 1. The maximum atomic E-state index is 10.7. The number of aliphatic hydroxyl groups is 1. The molecule has 1 unspecified atom stereocenters. The van der Waals surface area contributed by atoms with Crippen LogP contribution >= 0.6 is 0 Å². The van der Waals surface area contributed by atoms with Crippen molar-refractivity contribution in [2.24, 2.45) is 0 Å². The molecule has 0 rings (SSSR count). The Labute approximate surface area is 72.9 Å². The summed E-state index contributed by atoms with van der Waals surface area (Å²) in [6, 6.07) is 0. The fraction of sp³-hybridized carbons (Fsp3) is 0.875. The first kappa shape index (κ1) is 11.2. The zero-order valence-corrected chi connectivity index (χ0v) is 7.67. The SMILES string of the molecule is CCOC(=O)NCCC(O)CC. The monoisotopic (exact) mass is 175 g/mol. The molecule has 72 valence electrons. The van der Waals surface area contributed by atoms with Crippen molar-refractivity contribution >= 4 is 6.09 Å². The van der Waals surface area contributed by atoms with E-state index in [2.05, 4.69) is 10.1 Å². The molecule has 12 heavy (non-hydrogen) atoms. The van der Waals surface area contributed by atoms with Gasteiger partial charge in [0, 0.05) is 6.54 Å². The Hall–Kier alpha value is -0.770. The van der Waals surface area contributed by atoms with E-state index in [9.17, 15) is 4.79 Å². The molecule has 0 aliphatic heterocycles. The van der Waals surface area contributed by atoms with E-state index in [4.69, 9.17) is 5.11 Å². The van der Waals surface area contributed by atoms with Crippen LogP contribution in [-0.2, 0) is 4.74 Å². The van der Waals surface area contributed by atoms with E-state index in [1.807, 2.05) is 6.92 Å². The summed E-state index contributed by atoms with van der Waals surface area (Å²) in [5.41, 5.74) is 0. The van der Waals surface area contributed by atoms with Gasteiger partial charge in [0.2, 0.25) is 0 Å². The molecule has 1 amide bonds. The zero-order chi connectivity index (χ0) is 9.40. The van der Waals surface area contributed by atoms with E-state index in [1.54, 1.807) is 6.92 Å². The van der Waals surface area contributed by atoms with Crippen LogP contribution in [0.5, 0.6) is 0 Å². The number of nitrogens with one attached hydrogen (secondary N) is 1. The third-order valence-corrected chi connectivity index (χ3v) is 1.49. The molecule has 0 aromatic carbocycles. The van der Waals surface area contributed by atoms with Crippen molar-refractivity contribution in [3.05, 3.63) is 0 Å². The van der Waals surface area contributed by atoms with Crippen LogP contribution in [0.3, 0.4) is 0 Å². The minimum absolute atomic E-state index is 0.327. The van der Waals surface area contributed by atoms with Crippen LogP contribution in [0, 0.1) is 0 Å². The minimum Gasteiger partial charge on any atom is -0.450 e. The van der Waals surface area contributed by atoms with Crippen LogP contribution in [0.2, 0.25) is 0 Å².